The third-order valence-corrected chi connectivity index (χ3v) is 2.69. The van der Waals surface area contributed by atoms with Gasteiger partial charge in [-0.2, -0.15) is 0 Å². The number of urea groups is 1. The number of carbonyl (C=O) groups excluding carboxylic acids is 1. The number of hydrogen-bond donors (Lipinski definition) is 3. The van der Waals surface area contributed by atoms with E-state index < -0.39 is 12.0 Å². The topological polar surface area (TPSA) is 104 Å². The van der Waals surface area contributed by atoms with Crippen molar-refractivity contribution in [1.29, 1.82) is 0 Å². The van der Waals surface area contributed by atoms with Crippen LogP contribution in [0.4, 0.5) is 10.5 Å². The third-order valence-electron chi connectivity index (χ3n) is 2.69. The van der Waals surface area contributed by atoms with Crippen LogP contribution in [-0.4, -0.2) is 33.6 Å². The summed E-state index contributed by atoms with van der Waals surface area (Å²) < 4.78 is 0. The van der Waals surface area contributed by atoms with Crippen molar-refractivity contribution >= 4 is 17.7 Å². The number of anilines is 1. The molecule has 0 atom stereocenters. The van der Waals surface area contributed by atoms with Crippen molar-refractivity contribution in [3.05, 3.63) is 54.1 Å². The molecule has 0 saturated heterocycles. The molecule has 108 valence electrons. The van der Waals surface area contributed by atoms with Crippen LogP contribution in [0, 0.1) is 0 Å². The molecule has 0 unspecified atom stereocenters. The van der Waals surface area contributed by atoms with E-state index in [0.29, 0.717) is 18.7 Å². The zero-order valence-corrected chi connectivity index (χ0v) is 11.1. The summed E-state index contributed by atoms with van der Waals surface area (Å²) >= 11 is 0. The van der Waals surface area contributed by atoms with Crippen LogP contribution in [0.5, 0.6) is 0 Å². The van der Waals surface area contributed by atoms with E-state index in [1.54, 1.807) is 12.4 Å². The number of nitrogens with zero attached hydrogens (tertiary/aromatic N) is 2. The van der Waals surface area contributed by atoms with Crippen molar-refractivity contribution in [2.45, 2.75) is 6.42 Å². The summed E-state index contributed by atoms with van der Waals surface area (Å²) in [4.78, 5) is 30.1. The molecular weight excluding hydrogens is 272 g/mol. The number of nitrogens with one attached hydrogen (secondary N) is 2. The lowest BCUT2D eigenvalue weighted by Crippen LogP contribution is -2.30. The molecule has 0 aliphatic rings. The summed E-state index contributed by atoms with van der Waals surface area (Å²) in [7, 11) is 0. The molecule has 0 aliphatic carbocycles. The first-order chi connectivity index (χ1) is 10.1. The van der Waals surface area contributed by atoms with E-state index in [1.165, 1.54) is 18.5 Å². The van der Waals surface area contributed by atoms with Gasteiger partial charge in [0.15, 0.2) is 0 Å². The smallest absolute Gasteiger partial charge is 0.337 e. The van der Waals surface area contributed by atoms with Crippen molar-refractivity contribution in [2.75, 3.05) is 11.9 Å². The Morgan fingerprint density at radius 2 is 1.90 bits per heavy atom. The molecule has 2 rings (SSSR count). The van der Waals surface area contributed by atoms with Crippen LogP contribution in [0.25, 0.3) is 0 Å². The van der Waals surface area contributed by atoms with Gasteiger partial charge >= 0.3 is 12.0 Å². The predicted octanol–water partition coefficient (Wildman–Crippen LogP) is 1.54. The van der Waals surface area contributed by atoms with E-state index in [0.717, 1.165) is 5.56 Å². The van der Waals surface area contributed by atoms with Crippen LogP contribution >= 0.6 is 0 Å². The van der Waals surface area contributed by atoms with Gasteiger partial charge in [-0.1, -0.05) is 0 Å². The second-order valence-corrected chi connectivity index (χ2v) is 4.25. The van der Waals surface area contributed by atoms with Crippen LogP contribution in [0.2, 0.25) is 0 Å². The maximum absolute atomic E-state index is 11.7. The van der Waals surface area contributed by atoms with Gasteiger partial charge < -0.3 is 15.7 Å². The lowest BCUT2D eigenvalue weighted by molar-refractivity contribution is 0.0696. The molecule has 0 radical (unpaired) electrons. The fraction of sp³-hybridized carbons (Fsp3) is 0.143. The molecule has 7 heteroatoms. The van der Waals surface area contributed by atoms with E-state index in [4.69, 9.17) is 5.11 Å². The predicted molar refractivity (Wildman–Crippen MR) is 76.2 cm³/mol. The minimum Gasteiger partial charge on any atom is -0.478 e. The average Bonchev–Trinajstić information content (AvgIpc) is 2.48. The van der Waals surface area contributed by atoms with E-state index in [2.05, 4.69) is 20.6 Å². The van der Waals surface area contributed by atoms with Crippen molar-refractivity contribution < 1.29 is 14.7 Å². The highest BCUT2D eigenvalue weighted by Crippen LogP contribution is 2.08. The molecule has 2 amide bonds. The number of aromatic nitrogens is 2. The van der Waals surface area contributed by atoms with Gasteiger partial charge in [-0.3, -0.25) is 9.97 Å². The van der Waals surface area contributed by atoms with Gasteiger partial charge in [-0.05, 0) is 30.2 Å². The number of aromatic carboxylic acids is 1. The Kier molecular flexibility index (Phi) is 4.81. The highest BCUT2D eigenvalue weighted by Gasteiger charge is 2.06. The lowest BCUT2D eigenvalue weighted by Gasteiger charge is -2.07. The van der Waals surface area contributed by atoms with Gasteiger partial charge in [0, 0.05) is 25.1 Å². The summed E-state index contributed by atoms with van der Waals surface area (Å²) in [6.45, 7) is 0.460. The molecular formula is C14H14N4O3. The second-order valence-electron chi connectivity index (χ2n) is 4.25. The van der Waals surface area contributed by atoms with Crippen molar-refractivity contribution in [3.63, 3.8) is 0 Å². The van der Waals surface area contributed by atoms with Crippen LogP contribution < -0.4 is 10.6 Å². The van der Waals surface area contributed by atoms with E-state index >= 15 is 0 Å². The first kappa shape index (κ1) is 14.4. The van der Waals surface area contributed by atoms with Gasteiger partial charge in [0.1, 0.15) is 0 Å². The van der Waals surface area contributed by atoms with E-state index in [1.807, 2.05) is 12.1 Å². The number of carbonyl (C=O) groups is 2. The largest absolute Gasteiger partial charge is 0.478 e. The zero-order chi connectivity index (χ0) is 15.1. The molecule has 0 fully saturated rings. The molecule has 2 aromatic rings. The Labute approximate surface area is 121 Å². The Morgan fingerprint density at radius 3 is 2.62 bits per heavy atom. The van der Waals surface area contributed by atoms with Gasteiger partial charge in [-0.15, -0.1) is 0 Å². The Morgan fingerprint density at radius 1 is 1.14 bits per heavy atom. The SMILES string of the molecule is O=C(NCCc1ccncc1)Nc1cncc(C(=O)O)c1. The Bertz CT molecular complexity index is 631. The zero-order valence-electron chi connectivity index (χ0n) is 11.1. The van der Waals surface area contributed by atoms with Crippen molar-refractivity contribution in [1.82, 2.24) is 15.3 Å². The van der Waals surface area contributed by atoms with Gasteiger partial charge in [0.2, 0.25) is 0 Å². The van der Waals surface area contributed by atoms with E-state index in [-0.39, 0.29) is 5.56 Å². The minimum absolute atomic E-state index is 0.0181. The normalized spacial score (nSPS) is 9.90. The fourth-order valence-corrected chi connectivity index (χ4v) is 1.67. The lowest BCUT2D eigenvalue weighted by atomic mass is 10.2. The highest BCUT2D eigenvalue weighted by atomic mass is 16.4. The fourth-order valence-electron chi connectivity index (χ4n) is 1.67. The number of hydrogen-bond acceptors (Lipinski definition) is 4. The van der Waals surface area contributed by atoms with Crippen LogP contribution in [0.15, 0.2) is 43.0 Å². The monoisotopic (exact) mass is 286 g/mol. The number of amides is 2. The molecule has 7 nitrogen and oxygen atoms in total. The molecule has 0 aromatic carbocycles. The molecule has 3 N–H and O–H groups in total. The number of carboxylic acids is 1. The number of carboxylic acid groups (broad SMARTS) is 1. The van der Waals surface area contributed by atoms with Gasteiger partial charge in [0.05, 0.1) is 17.4 Å². The quantitative estimate of drug-likeness (QED) is 0.773. The first-order valence-electron chi connectivity index (χ1n) is 6.27. The molecule has 2 heterocycles. The third kappa shape index (κ3) is 4.57. The van der Waals surface area contributed by atoms with Gasteiger partial charge in [-0.25, -0.2) is 9.59 Å². The summed E-state index contributed by atoms with van der Waals surface area (Å²) in [6, 6.07) is 4.69. The summed E-state index contributed by atoms with van der Waals surface area (Å²) in [5, 5.41) is 14.1. The summed E-state index contributed by atoms with van der Waals surface area (Å²) in [6.07, 6.45) is 6.67. The molecule has 0 aliphatic heterocycles. The first-order valence-corrected chi connectivity index (χ1v) is 6.27. The second kappa shape index (κ2) is 6.99. The highest BCUT2D eigenvalue weighted by molar-refractivity contribution is 5.92. The number of rotatable bonds is 5. The van der Waals surface area contributed by atoms with Crippen molar-refractivity contribution in [3.8, 4) is 0 Å². The van der Waals surface area contributed by atoms with Gasteiger partial charge in [0.25, 0.3) is 0 Å². The Balaban J connectivity index is 1.82. The average molecular weight is 286 g/mol. The molecule has 21 heavy (non-hydrogen) atoms. The van der Waals surface area contributed by atoms with Crippen LogP contribution in [0.3, 0.4) is 0 Å². The van der Waals surface area contributed by atoms with Crippen LogP contribution in [-0.2, 0) is 6.42 Å². The molecule has 2 aromatic heterocycles. The number of pyridine rings is 2. The summed E-state index contributed by atoms with van der Waals surface area (Å²) in [5.41, 5.74) is 1.42. The maximum atomic E-state index is 11.7. The molecule has 0 spiro atoms. The molecule has 0 bridgehead atoms. The van der Waals surface area contributed by atoms with E-state index in [9.17, 15) is 9.59 Å². The maximum Gasteiger partial charge on any atom is 0.337 e. The van der Waals surface area contributed by atoms with Crippen LogP contribution in [0.1, 0.15) is 15.9 Å². The minimum atomic E-state index is -1.09. The molecule has 0 saturated carbocycles. The standard InChI is InChI=1S/C14H14N4O3/c19-13(20)11-7-12(9-16-8-11)18-14(21)17-6-3-10-1-4-15-5-2-10/h1-2,4-5,7-9H,3,6H2,(H,19,20)(H2,17,18,21). The summed E-state index contributed by atoms with van der Waals surface area (Å²) in [5.74, 6) is -1.09. The Hall–Kier alpha value is -2.96. The van der Waals surface area contributed by atoms with Crippen molar-refractivity contribution in [2.24, 2.45) is 0 Å².